The molecule has 3 nitrogen and oxygen atoms in total. The van der Waals surface area contributed by atoms with Crippen molar-refractivity contribution in [1.82, 2.24) is 0 Å². The third kappa shape index (κ3) is 2.86. The number of rotatable bonds is 4. The lowest BCUT2D eigenvalue weighted by Crippen LogP contribution is -2.51. The van der Waals surface area contributed by atoms with E-state index in [1.165, 1.54) is 25.3 Å². The van der Waals surface area contributed by atoms with E-state index in [2.05, 4.69) is 0 Å². The molecule has 0 saturated heterocycles. The molecular weight excluding hydrogens is 347 g/mol. The zero-order chi connectivity index (χ0) is 16.9. The first-order chi connectivity index (χ1) is 11.4. The summed E-state index contributed by atoms with van der Waals surface area (Å²) in [5, 5.41) is 0.699. The number of Topliss-reactive ketones (excluding diaryl/α,β-unsaturated/α-hetero) is 1. The van der Waals surface area contributed by atoms with Crippen molar-refractivity contribution in [2.45, 2.75) is 38.5 Å². The number of benzene rings is 1. The maximum absolute atomic E-state index is 12.8. The Morgan fingerprint density at radius 1 is 1.04 bits per heavy atom. The third-order valence-corrected chi connectivity index (χ3v) is 6.68. The van der Waals surface area contributed by atoms with Crippen LogP contribution in [0.4, 0.5) is 0 Å². The van der Waals surface area contributed by atoms with Crippen LogP contribution in [0.25, 0.3) is 0 Å². The van der Waals surface area contributed by atoms with Gasteiger partial charge >= 0.3 is 5.97 Å². The molecule has 4 bridgehead atoms. The van der Waals surface area contributed by atoms with Gasteiger partial charge in [0.25, 0.3) is 0 Å². The molecule has 4 saturated carbocycles. The first-order valence-electron chi connectivity index (χ1n) is 8.61. The Labute approximate surface area is 151 Å². The second kappa shape index (κ2) is 6.03. The number of ketones is 1. The lowest BCUT2D eigenvalue weighted by Gasteiger charge is -2.55. The fourth-order valence-corrected chi connectivity index (χ4v) is 5.83. The molecule has 0 aromatic heterocycles. The molecule has 0 amide bonds. The summed E-state index contributed by atoms with van der Waals surface area (Å²) < 4.78 is 5.28. The van der Waals surface area contributed by atoms with Crippen molar-refractivity contribution < 1.29 is 14.3 Å². The van der Waals surface area contributed by atoms with Gasteiger partial charge in [-0.05, 0) is 74.5 Å². The van der Waals surface area contributed by atoms with Crippen LogP contribution in [-0.2, 0) is 9.53 Å². The van der Waals surface area contributed by atoms with Gasteiger partial charge in [0, 0.05) is 10.4 Å². The summed E-state index contributed by atoms with van der Waals surface area (Å²) in [5.74, 6) is 1.59. The van der Waals surface area contributed by atoms with Gasteiger partial charge in [0.15, 0.2) is 12.4 Å². The van der Waals surface area contributed by atoms with E-state index in [9.17, 15) is 9.59 Å². The molecule has 0 spiro atoms. The minimum atomic E-state index is -0.583. The number of carbonyl (C=O) groups excluding carboxylic acids is 2. The van der Waals surface area contributed by atoms with Gasteiger partial charge in [-0.2, -0.15) is 0 Å². The predicted molar refractivity (Wildman–Crippen MR) is 92.4 cm³/mol. The van der Waals surface area contributed by atoms with Crippen molar-refractivity contribution in [3.63, 3.8) is 0 Å². The molecule has 24 heavy (non-hydrogen) atoms. The molecule has 128 valence electrons. The highest BCUT2D eigenvalue weighted by atomic mass is 35.5. The van der Waals surface area contributed by atoms with Crippen LogP contribution in [0.5, 0.6) is 0 Å². The first-order valence-corrected chi connectivity index (χ1v) is 9.36. The zero-order valence-corrected chi connectivity index (χ0v) is 14.9. The van der Waals surface area contributed by atoms with E-state index in [1.54, 1.807) is 12.1 Å². The van der Waals surface area contributed by atoms with E-state index in [-0.39, 0.29) is 28.4 Å². The number of esters is 1. The molecule has 4 fully saturated rings. The van der Waals surface area contributed by atoms with Gasteiger partial charge in [0.1, 0.15) is 0 Å². The highest BCUT2D eigenvalue weighted by Crippen LogP contribution is 2.60. The van der Waals surface area contributed by atoms with Crippen LogP contribution >= 0.6 is 23.2 Å². The van der Waals surface area contributed by atoms with E-state index in [4.69, 9.17) is 27.9 Å². The summed E-state index contributed by atoms with van der Waals surface area (Å²) in [6.45, 7) is -0.159. The molecule has 5 heteroatoms. The highest BCUT2D eigenvalue weighted by molar-refractivity contribution is 6.35. The maximum Gasteiger partial charge on any atom is 0.340 e. The van der Waals surface area contributed by atoms with Gasteiger partial charge in [-0.3, -0.25) is 4.79 Å². The Hall–Kier alpha value is -1.06. The van der Waals surface area contributed by atoms with Crippen molar-refractivity contribution in [2.24, 2.45) is 23.2 Å². The Bertz CT molecular complexity index is 663. The summed E-state index contributed by atoms with van der Waals surface area (Å²) in [5.41, 5.74) is -0.0323. The third-order valence-electron chi connectivity index (χ3n) is 6.11. The van der Waals surface area contributed by atoms with Crippen LogP contribution in [-0.4, -0.2) is 18.4 Å². The summed E-state index contributed by atoms with van der Waals surface area (Å²) in [7, 11) is 0. The summed E-state index contributed by atoms with van der Waals surface area (Å²) in [6.07, 6.45) is 6.78. The van der Waals surface area contributed by atoms with E-state index >= 15 is 0 Å². The molecule has 0 N–H and O–H groups in total. The molecule has 0 heterocycles. The van der Waals surface area contributed by atoms with Gasteiger partial charge in [0.05, 0.1) is 10.6 Å². The van der Waals surface area contributed by atoms with Crippen LogP contribution in [0.3, 0.4) is 0 Å². The normalized spacial score (nSPS) is 33.5. The van der Waals surface area contributed by atoms with Crippen molar-refractivity contribution in [3.8, 4) is 0 Å². The fourth-order valence-electron chi connectivity index (χ4n) is 5.47. The maximum atomic E-state index is 12.8. The van der Waals surface area contributed by atoms with Crippen LogP contribution in [0.15, 0.2) is 18.2 Å². The Balaban J connectivity index is 1.43. The second-order valence-corrected chi connectivity index (χ2v) is 8.66. The van der Waals surface area contributed by atoms with Crippen molar-refractivity contribution >= 4 is 35.0 Å². The standard InChI is InChI=1S/C19H20Cl2O3/c20-14-1-2-16(21)15(6-14)18(23)24-10-17(22)19-7-11-3-12(8-19)5-13(4-11)9-19/h1-2,6,11-13H,3-5,7-10H2. The molecule has 0 radical (unpaired) electrons. The molecule has 5 rings (SSSR count). The lowest BCUT2D eigenvalue weighted by atomic mass is 9.48. The molecule has 1 aromatic carbocycles. The van der Waals surface area contributed by atoms with Gasteiger partial charge in [0.2, 0.25) is 0 Å². The molecule has 0 atom stereocenters. The minimum absolute atomic E-state index is 0.0908. The van der Waals surface area contributed by atoms with E-state index in [0.29, 0.717) is 22.8 Å². The SMILES string of the molecule is O=C(OCC(=O)C12CC3CC(CC(C3)C1)C2)c1cc(Cl)ccc1Cl. The number of hydrogen-bond donors (Lipinski definition) is 0. The molecule has 0 unspecified atom stereocenters. The molecule has 4 aliphatic rings. The largest absolute Gasteiger partial charge is 0.454 e. The molecular formula is C19H20Cl2O3. The molecule has 1 aromatic rings. The smallest absolute Gasteiger partial charge is 0.340 e. The summed E-state index contributed by atoms with van der Waals surface area (Å²) in [6, 6.07) is 4.64. The predicted octanol–water partition coefficient (Wildman–Crippen LogP) is 4.94. The van der Waals surface area contributed by atoms with E-state index < -0.39 is 5.97 Å². The Morgan fingerprint density at radius 3 is 2.21 bits per heavy atom. The van der Waals surface area contributed by atoms with E-state index in [1.807, 2.05) is 0 Å². The number of ether oxygens (including phenoxy) is 1. The van der Waals surface area contributed by atoms with Crippen molar-refractivity contribution in [1.29, 1.82) is 0 Å². The van der Waals surface area contributed by atoms with E-state index in [0.717, 1.165) is 19.3 Å². The van der Waals surface area contributed by atoms with Crippen molar-refractivity contribution in [3.05, 3.63) is 33.8 Å². The summed E-state index contributed by atoms with van der Waals surface area (Å²) in [4.78, 5) is 25.1. The Morgan fingerprint density at radius 2 is 1.62 bits per heavy atom. The van der Waals surface area contributed by atoms with Crippen molar-refractivity contribution in [2.75, 3.05) is 6.61 Å². The van der Waals surface area contributed by atoms with Gasteiger partial charge in [-0.15, -0.1) is 0 Å². The number of carbonyl (C=O) groups is 2. The van der Waals surface area contributed by atoms with Crippen LogP contribution < -0.4 is 0 Å². The second-order valence-electron chi connectivity index (χ2n) is 7.82. The van der Waals surface area contributed by atoms with Crippen LogP contribution in [0, 0.1) is 23.2 Å². The first kappa shape index (κ1) is 16.4. The van der Waals surface area contributed by atoms with Crippen LogP contribution in [0.2, 0.25) is 10.0 Å². The number of hydrogen-bond acceptors (Lipinski definition) is 3. The topological polar surface area (TPSA) is 43.4 Å². The molecule has 0 aliphatic heterocycles. The molecule has 4 aliphatic carbocycles. The quantitative estimate of drug-likeness (QED) is 0.709. The Kier molecular flexibility index (Phi) is 4.12. The average Bonchev–Trinajstić information content (AvgIpc) is 2.53. The minimum Gasteiger partial charge on any atom is -0.454 e. The van der Waals surface area contributed by atoms with Crippen LogP contribution in [0.1, 0.15) is 48.9 Å². The zero-order valence-electron chi connectivity index (χ0n) is 13.4. The fraction of sp³-hybridized carbons (Fsp3) is 0.579. The van der Waals surface area contributed by atoms with Gasteiger partial charge in [-0.1, -0.05) is 23.2 Å². The average molecular weight is 367 g/mol. The number of halogens is 2. The monoisotopic (exact) mass is 366 g/mol. The summed E-state index contributed by atoms with van der Waals surface area (Å²) >= 11 is 11.9. The lowest BCUT2D eigenvalue weighted by molar-refractivity contribution is -0.147. The highest BCUT2D eigenvalue weighted by Gasteiger charge is 2.54. The van der Waals surface area contributed by atoms with Gasteiger partial charge < -0.3 is 4.74 Å². The van der Waals surface area contributed by atoms with Gasteiger partial charge in [-0.25, -0.2) is 4.79 Å².